The van der Waals surface area contributed by atoms with Crippen LogP contribution in [0, 0.1) is 5.92 Å². The Morgan fingerprint density at radius 3 is 2.36 bits per heavy atom. The molecule has 0 spiro atoms. The number of hydrogen-bond acceptors (Lipinski definition) is 5. The molecule has 0 saturated carbocycles. The van der Waals surface area contributed by atoms with Crippen molar-refractivity contribution in [2.75, 3.05) is 27.2 Å². The fourth-order valence-electron chi connectivity index (χ4n) is 2.31. The zero-order chi connectivity index (χ0) is 18.4. The van der Waals surface area contributed by atoms with E-state index < -0.39 is 10.0 Å². The summed E-state index contributed by atoms with van der Waals surface area (Å²) in [5, 5.41) is 4.04. The second-order valence-electron chi connectivity index (χ2n) is 6.56. The molecular formula is C18H26N2O3S2. The summed E-state index contributed by atoms with van der Waals surface area (Å²) in [6.45, 7) is 5.06. The highest BCUT2D eigenvalue weighted by Crippen LogP contribution is 2.21. The lowest BCUT2D eigenvalue weighted by Gasteiger charge is -2.24. The lowest BCUT2D eigenvalue weighted by Crippen LogP contribution is -2.34. The summed E-state index contributed by atoms with van der Waals surface area (Å²) in [4.78, 5) is 2.25. The van der Waals surface area contributed by atoms with Gasteiger partial charge in [0.25, 0.3) is 0 Å². The van der Waals surface area contributed by atoms with Crippen LogP contribution in [0.2, 0.25) is 0 Å². The summed E-state index contributed by atoms with van der Waals surface area (Å²) >= 11 is 1.61. The van der Waals surface area contributed by atoms with Crippen LogP contribution in [0.25, 0.3) is 0 Å². The average Bonchev–Trinajstić information content (AvgIpc) is 3.07. The van der Waals surface area contributed by atoms with Crippen molar-refractivity contribution in [3.63, 3.8) is 0 Å². The van der Waals surface area contributed by atoms with Crippen LogP contribution in [0.3, 0.4) is 0 Å². The fraction of sp³-hybridized carbons (Fsp3) is 0.444. The van der Waals surface area contributed by atoms with Crippen molar-refractivity contribution in [2.45, 2.75) is 24.8 Å². The SMILES string of the molecule is CC(C)COc1ccc(S(=O)(=O)NCC(c2ccsc2)N(C)C)cc1. The Hall–Kier alpha value is -1.41. The molecule has 0 saturated heterocycles. The van der Waals surface area contributed by atoms with Gasteiger partial charge in [0.05, 0.1) is 11.5 Å². The number of thiophene rings is 1. The Morgan fingerprint density at radius 1 is 1.16 bits per heavy atom. The molecular weight excluding hydrogens is 356 g/mol. The lowest BCUT2D eigenvalue weighted by molar-refractivity contribution is 0.271. The first-order chi connectivity index (χ1) is 11.8. The van der Waals surface area contributed by atoms with Crippen molar-refractivity contribution < 1.29 is 13.2 Å². The molecule has 5 nitrogen and oxygen atoms in total. The first kappa shape index (κ1) is 19.9. The van der Waals surface area contributed by atoms with Gasteiger partial charge in [0, 0.05) is 12.6 Å². The molecule has 2 rings (SSSR count). The number of rotatable bonds is 9. The lowest BCUT2D eigenvalue weighted by atomic mass is 10.1. The Balaban J connectivity index is 2.03. The van der Waals surface area contributed by atoms with E-state index in [0.717, 1.165) is 5.56 Å². The van der Waals surface area contributed by atoms with Gasteiger partial charge in [0.15, 0.2) is 0 Å². The number of likely N-dealkylation sites (N-methyl/N-ethyl adjacent to an activating group) is 1. The highest BCUT2D eigenvalue weighted by Gasteiger charge is 2.20. The standard InChI is InChI=1S/C18H26N2O3S2/c1-14(2)12-23-16-5-7-17(8-6-16)25(21,22)19-11-18(20(3)4)15-9-10-24-13-15/h5-10,13-14,18-19H,11-12H2,1-4H3. The van der Waals surface area contributed by atoms with E-state index in [1.54, 1.807) is 35.6 Å². The van der Waals surface area contributed by atoms with Crippen LogP contribution in [0.15, 0.2) is 46.0 Å². The molecule has 2 aromatic rings. The summed E-state index contributed by atoms with van der Waals surface area (Å²) < 4.78 is 33.4. The van der Waals surface area contributed by atoms with Gasteiger partial charge in [-0.3, -0.25) is 0 Å². The molecule has 1 aromatic carbocycles. The van der Waals surface area contributed by atoms with Crippen LogP contribution >= 0.6 is 11.3 Å². The summed E-state index contributed by atoms with van der Waals surface area (Å²) in [6, 6.07) is 8.55. The van der Waals surface area contributed by atoms with Crippen molar-refractivity contribution in [3.8, 4) is 5.75 Å². The Bertz CT molecular complexity index is 739. The van der Waals surface area contributed by atoms with E-state index in [1.807, 2.05) is 35.8 Å². The number of nitrogens with zero attached hydrogens (tertiary/aromatic N) is 1. The quantitative estimate of drug-likeness (QED) is 0.722. The molecule has 1 aromatic heterocycles. The molecule has 0 aliphatic rings. The molecule has 1 unspecified atom stereocenters. The van der Waals surface area contributed by atoms with Crippen molar-refractivity contribution >= 4 is 21.4 Å². The first-order valence-corrected chi connectivity index (χ1v) is 10.6. The molecule has 7 heteroatoms. The van der Waals surface area contributed by atoms with Gasteiger partial charge in [-0.2, -0.15) is 11.3 Å². The normalized spacial score (nSPS) is 13.4. The van der Waals surface area contributed by atoms with Gasteiger partial charge in [0.2, 0.25) is 10.0 Å². The van der Waals surface area contributed by atoms with Crippen LogP contribution in [-0.4, -0.2) is 40.6 Å². The topological polar surface area (TPSA) is 58.6 Å². The van der Waals surface area contributed by atoms with Crippen LogP contribution in [0.4, 0.5) is 0 Å². The highest BCUT2D eigenvalue weighted by atomic mass is 32.2. The Kier molecular flexibility index (Phi) is 7.01. The van der Waals surface area contributed by atoms with Gasteiger partial charge in [-0.1, -0.05) is 13.8 Å². The van der Waals surface area contributed by atoms with Crippen LogP contribution in [0.1, 0.15) is 25.5 Å². The summed E-state index contributed by atoms with van der Waals surface area (Å²) in [5.74, 6) is 1.10. The fourth-order valence-corrected chi connectivity index (χ4v) is 4.06. The number of sulfonamides is 1. The van der Waals surface area contributed by atoms with Gasteiger partial charge in [-0.25, -0.2) is 13.1 Å². The van der Waals surface area contributed by atoms with Gasteiger partial charge >= 0.3 is 0 Å². The van der Waals surface area contributed by atoms with Crippen molar-refractivity contribution in [3.05, 3.63) is 46.7 Å². The molecule has 1 N–H and O–H groups in total. The van der Waals surface area contributed by atoms with Gasteiger partial charge < -0.3 is 9.64 Å². The smallest absolute Gasteiger partial charge is 0.240 e. The van der Waals surface area contributed by atoms with E-state index in [-0.39, 0.29) is 10.9 Å². The minimum atomic E-state index is -3.56. The minimum Gasteiger partial charge on any atom is -0.493 e. The van der Waals surface area contributed by atoms with Gasteiger partial charge in [-0.05, 0) is 66.7 Å². The number of benzene rings is 1. The third-order valence-corrected chi connectivity index (χ3v) is 5.88. The Labute approximate surface area is 154 Å². The van der Waals surface area contributed by atoms with E-state index in [2.05, 4.69) is 18.6 Å². The molecule has 0 amide bonds. The average molecular weight is 383 g/mol. The molecule has 0 fully saturated rings. The largest absolute Gasteiger partial charge is 0.493 e. The number of hydrogen-bond donors (Lipinski definition) is 1. The predicted molar refractivity (Wildman–Crippen MR) is 103 cm³/mol. The van der Waals surface area contributed by atoms with E-state index in [9.17, 15) is 8.42 Å². The van der Waals surface area contributed by atoms with Crippen LogP contribution < -0.4 is 9.46 Å². The molecule has 0 radical (unpaired) electrons. The molecule has 1 atom stereocenters. The maximum absolute atomic E-state index is 12.5. The van der Waals surface area contributed by atoms with E-state index in [1.165, 1.54) is 0 Å². The van der Waals surface area contributed by atoms with Crippen LogP contribution in [0.5, 0.6) is 5.75 Å². The molecule has 0 aliphatic carbocycles. The van der Waals surface area contributed by atoms with E-state index >= 15 is 0 Å². The summed E-state index contributed by atoms with van der Waals surface area (Å²) in [7, 11) is 0.327. The number of ether oxygens (including phenoxy) is 1. The maximum Gasteiger partial charge on any atom is 0.240 e. The van der Waals surface area contributed by atoms with Gasteiger partial charge in [0.1, 0.15) is 5.75 Å². The molecule has 1 heterocycles. The molecule has 138 valence electrons. The van der Waals surface area contributed by atoms with Gasteiger partial charge in [-0.15, -0.1) is 0 Å². The highest BCUT2D eigenvalue weighted by molar-refractivity contribution is 7.89. The minimum absolute atomic E-state index is 0.00493. The van der Waals surface area contributed by atoms with Crippen LogP contribution in [-0.2, 0) is 10.0 Å². The Morgan fingerprint density at radius 2 is 1.84 bits per heavy atom. The molecule has 0 bridgehead atoms. The third-order valence-electron chi connectivity index (χ3n) is 3.74. The second kappa shape index (κ2) is 8.80. The molecule has 0 aliphatic heterocycles. The van der Waals surface area contributed by atoms with E-state index in [4.69, 9.17) is 4.74 Å². The third kappa shape index (κ3) is 5.81. The second-order valence-corrected chi connectivity index (χ2v) is 9.11. The van der Waals surface area contributed by atoms with E-state index in [0.29, 0.717) is 24.8 Å². The predicted octanol–water partition coefficient (Wildman–Crippen LogP) is 3.36. The monoisotopic (exact) mass is 382 g/mol. The summed E-state index contributed by atoms with van der Waals surface area (Å²) in [6.07, 6.45) is 0. The van der Waals surface area contributed by atoms with Crippen molar-refractivity contribution in [2.24, 2.45) is 5.92 Å². The zero-order valence-corrected chi connectivity index (χ0v) is 16.7. The maximum atomic E-state index is 12.5. The van der Waals surface area contributed by atoms with Crippen molar-refractivity contribution in [1.82, 2.24) is 9.62 Å². The van der Waals surface area contributed by atoms with Crippen molar-refractivity contribution in [1.29, 1.82) is 0 Å². The molecule has 25 heavy (non-hydrogen) atoms. The first-order valence-electron chi connectivity index (χ1n) is 8.20. The zero-order valence-electron chi connectivity index (χ0n) is 15.1. The summed E-state index contributed by atoms with van der Waals surface area (Å²) in [5.41, 5.74) is 1.11. The number of nitrogens with one attached hydrogen (secondary N) is 1.